The molecule has 6 nitrogen and oxygen atoms in total. The maximum Gasteiger partial charge on any atom is 0.262 e. The highest BCUT2D eigenvalue weighted by Crippen LogP contribution is 2.27. The van der Waals surface area contributed by atoms with Gasteiger partial charge in [0.25, 0.3) is 5.91 Å². The molecule has 0 aliphatic heterocycles. The molecule has 0 spiro atoms. The lowest BCUT2D eigenvalue weighted by Gasteiger charge is -2.12. The largest absolute Gasteiger partial charge is 0.495 e. The molecule has 0 aromatic heterocycles. The van der Waals surface area contributed by atoms with Gasteiger partial charge in [0.1, 0.15) is 11.5 Å². The molecule has 0 unspecified atom stereocenters. The van der Waals surface area contributed by atoms with Gasteiger partial charge in [-0.15, -0.1) is 0 Å². The number of hydrogen-bond donors (Lipinski definition) is 2. The fourth-order valence-electron chi connectivity index (χ4n) is 2.06. The van der Waals surface area contributed by atoms with Crippen LogP contribution >= 0.6 is 11.6 Å². The average molecular weight is 377 g/mol. The van der Waals surface area contributed by atoms with Crippen LogP contribution in [0.2, 0.25) is 5.02 Å². The molecule has 0 bridgehead atoms. The Labute approximate surface area is 157 Å². The van der Waals surface area contributed by atoms with Crippen molar-refractivity contribution < 1.29 is 19.1 Å². The van der Waals surface area contributed by atoms with E-state index < -0.39 is 0 Å². The van der Waals surface area contributed by atoms with Crippen LogP contribution in [0.1, 0.15) is 13.8 Å². The molecular weight excluding hydrogens is 356 g/mol. The van der Waals surface area contributed by atoms with Crippen LogP contribution in [0.25, 0.3) is 0 Å². The zero-order chi connectivity index (χ0) is 19.1. The van der Waals surface area contributed by atoms with E-state index in [0.717, 1.165) is 0 Å². The van der Waals surface area contributed by atoms with Crippen molar-refractivity contribution in [1.29, 1.82) is 0 Å². The maximum absolute atomic E-state index is 12.1. The summed E-state index contributed by atoms with van der Waals surface area (Å²) in [7, 11) is 1.51. The summed E-state index contributed by atoms with van der Waals surface area (Å²) < 4.78 is 10.7. The van der Waals surface area contributed by atoms with Crippen molar-refractivity contribution in [2.75, 3.05) is 24.4 Å². The van der Waals surface area contributed by atoms with Gasteiger partial charge in [0.05, 0.1) is 12.8 Å². The Balaban J connectivity index is 1.95. The summed E-state index contributed by atoms with van der Waals surface area (Å²) in [5.74, 6) is 0.397. The predicted octanol–water partition coefficient (Wildman–Crippen LogP) is 3.96. The molecular formula is C19H21ClN2O4. The number of carbonyl (C=O) groups is 2. The Morgan fingerprint density at radius 2 is 1.88 bits per heavy atom. The van der Waals surface area contributed by atoms with Gasteiger partial charge in [0.15, 0.2) is 6.61 Å². The van der Waals surface area contributed by atoms with E-state index in [1.807, 2.05) is 13.8 Å². The number of carbonyl (C=O) groups excluding carboxylic acids is 2. The normalized spacial score (nSPS) is 10.3. The summed E-state index contributed by atoms with van der Waals surface area (Å²) in [5.41, 5.74) is 1.07. The molecule has 0 aliphatic carbocycles. The molecule has 138 valence electrons. The molecule has 0 radical (unpaired) electrons. The minimum Gasteiger partial charge on any atom is -0.495 e. The van der Waals surface area contributed by atoms with Gasteiger partial charge in [0.2, 0.25) is 5.91 Å². The number of ether oxygens (including phenoxy) is 2. The smallest absolute Gasteiger partial charge is 0.262 e. The molecule has 2 aromatic carbocycles. The first-order chi connectivity index (χ1) is 12.4. The van der Waals surface area contributed by atoms with Gasteiger partial charge in [-0.3, -0.25) is 9.59 Å². The van der Waals surface area contributed by atoms with E-state index in [4.69, 9.17) is 21.1 Å². The standard InChI is InChI=1S/C19H21ClN2O4/c1-12(2)19(24)21-14-5-4-6-15(10-14)26-11-18(23)22-16-9-13(20)7-8-17(16)25-3/h4-10,12H,11H2,1-3H3,(H,21,24)(H,22,23). The lowest BCUT2D eigenvalue weighted by Crippen LogP contribution is -2.21. The predicted molar refractivity (Wildman–Crippen MR) is 102 cm³/mol. The van der Waals surface area contributed by atoms with Crippen LogP contribution in [0.15, 0.2) is 42.5 Å². The molecule has 0 saturated heterocycles. The summed E-state index contributed by atoms with van der Waals surface area (Å²) in [5, 5.41) is 5.95. The van der Waals surface area contributed by atoms with E-state index in [2.05, 4.69) is 10.6 Å². The zero-order valence-electron chi connectivity index (χ0n) is 14.8. The molecule has 0 fully saturated rings. The van der Waals surface area contributed by atoms with Crippen molar-refractivity contribution >= 4 is 34.8 Å². The number of amides is 2. The Morgan fingerprint density at radius 3 is 2.58 bits per heavy atom. The van der Waals surface area contributed by atoms with E-state index in [1.54, 1.807) is 42.5 Å². The third-order valence-electron chi connectivity index (χ3n) is 3.43. The van der Waals surface area contributed by atoms with Gasteiger partial charge in [0, 0.05) is 22.7 Å². The summed E-state index contributed by atoms with van der Waals surface area (Å²) in [6.45, 7) is 3.42. The van der Waals surface area contributed by atoms with Crippen LogP contribution in [0, 0.1) is 5.92 Å². The van der Waals surface area contributed by atoms with E-state index >= 15 is 0 Å². The third-order valence-corrected chi connectivity index (χ3v) is 3.67. The first-order valence-corrected chi connectivity index (χ1v) is 8.44. The fraction of sp³-hybridized carbons (Fsp3) is 0.263. The number of methoxy groups -OCH3 is 1. The Hall–Kier alpha value is -2.73. The number of hydrogen-bond acceptors (Lipinski definition) is 4. The minimum absolute atomic E-state index is 0.0899. The summed E-state index contributed by atoms with van der Waals surface area (Å²) in [6, 6.07) is 11.8. The van der Waals surface area contributed by atoms with Crippen molar-refractivity contribution in [2.45, 2.75) is 13.8 Å². The molecule has 0 aliphatic rings. The number of halogens is 1. The number of nitrogens with one attached hydrogen (secondary N) is 2. The first kappa shape index (κ1) is 19.6. The van der Waals surface area contributed by atoms with Crippen LogP contribution in [-0.2, 0) is 9.59 Å². The molecule has 26 heavy (non-hydrogen) atoms. The average Bonchev–Trinajstić information content (AvgIpc) is 2.60. The van der Waals surface area contributed by atoms with E-state index in [-0.39, 0.29) is 24.3 Å². The fourth-order valence-corrected chi connectivity index (χ4v) is 2.24. The van der Waals surface area contributed by atoms with Crippen LogP contribution in [0.4, 0.5) is 11.4 Å². The van der Waals surface area contributed by atoms with Gasteiger partial charge in [-0.1, -0.05) is 31.5 Å². The molecule has 2 N–H and O–H groups in total. The number of benzene rings is 2. The number of rotatable bonds is 7. The molecule has 0 heterocycles. The second-order valence-electron chi connectivity index (χ2n) is 5.85. The van der Waals surface area contributed by atoms with Crippen LogP contribution in [0.3, 0.4) is 0 Å². The third kappa shape index (κ3) is 5.67. The van der Waals surface area contributed by atoms with Crippen LogP contribution in [-0.4, -0.2) is 25.5 Å². The van der Waals surface area contributed by atoms with Crippen molar-refractivity contribution in [2.24, 2.45) is 5.92 Å². The first-order valence-electron chi connectivity index (χ1n) is 8.06. The monoisotopic (exact) mass is 376 g/mol. The summed E-state index contributed by atoms with van der Waals surface area (Å²) >= 11 is 5.94. The van der Waals surface area contributed by atoms with Crippen molar-refractivity contribution in [3.63, 3.8) is 0 Å². The summed E-state index contributed by atoms with van der Waals surface area (Å²) in [4.78, 5) is 23.9. The van der Waals surface area contributed by atoms with Gasteiger partial charge in [-0.05, 0) is 30.3 Å². The Bertz CT molecular complexity index is 793. The van der Waals surface area contributed by atoms with Crippen molar-refractivity contribution in [3.05, 3.63) is 47.5 Å². The van der Waals surface area contributed by atoms with Gasteiger partial charge in [-0.25, -0.2) is 0 Å². The molecule has 0 atom stereocenters. The summed E-state index contributed by atoms with van der Waals surface area (Å²) in [6.07, 6.45) is 0. The van der Waals surface area contributed by atoms with Gasteiger partial charge in [-0.2, -0.15) is 0 Å². The second-order valence-corrected chi connectivity index (χ2v) is 6.29. The van der Waals surface area contributed by atoms with E-state index in [9.17, 15) is 9.59 Å². The Kier molecular flexibility index (Phi) is 6.86. The molecule has 0 saturated carbocycles. The van der Waals surface area contributed by atoms with Crippen molar-refractivity contribution in [3.8, 4) is 11.5 Å². The zero-order valence-corrected chi connectivity index (χ0v) is 15.6. The van der Waals surface area contributed by atoms with Crippen molar-refractivity contribution in [1.82, 2.24) is 0 Å². The quantitative estimate of drug-likeness (QED) is 0.766. The van der Waals surface area contributed by atoms with Crippen LogP contribution in [0.5, 0.6) is 11.5 Å². The highest BCUT2D eigenvalue weighted by molar-refractivity contribution is 6.31. The highest BCUT2D eigenvalue weighted by atomic mass is 35.5. The van der Waals surface area contributed by atoms with E-state index in [1.165, 1.54) is 7.11 Å². The van der Waals surface area contributed by atoms with E-state index in [0.29, 0.717) is 27.9 Å². The topological polar surface area (TPSA) is 76.7 Å². The number of anilines is 2. The SMILES string of the molecule is COc1ccc(Cl)cc1NC(=O)COc1cccc(NC(=O)C(C)C)c1. The Morgan fingerprint density at radius 1 is 1.12 bits per heavy atom. The lowest BCUT2D eigenvalue weighted by molar-refractivity contribution is -0.119. The van der Waals surface area contributed by atoms with Gasteiger partial charge >= 0.3 is 0 Å². The molecule has 2 aromatic rings. The molecule has 7 heteroatoms. The molecule has 2 amide bonds. The van der Waals surface area contributed by atoms with Crippen LogP contribution < -0.4 is 20.1 Å². The lowest BCUT2D eigenvalue weighted by atomic mass is 10.2. The second kappa shape index (κ2) is 9.10. The maximum atomic E-state index is 12.1. The highest BCUT2D eigenvalue weighted by Gasteiger charge is 2.10. The van der Waals surface area contributed by atoms with Gasteiger partial charge < -0.3 is 20.1 Å². The molecule has 2 rings (SSSR count). The minimum atomic E-state index is -0.359.